The number of ether oxygens (including phenoxy) is 2. The molecule has 1 aliphatic heterocycles. The smallest absolute Gasteiger partial charge is 0.185 e. The van der Waals surface area contributed by atoms with Gasteiger partial charge >= 0.3 is 0 Å². The second-order valence-corrected chi connectivity index (χ2v) is 8.63. The van der Waals surface area contributed by atoms with Crippen LogP contribution >= 0.6 is 11.6 Å². The second-order valence-electron chi connectivity index (χ2n) is 8.23. The van der Waals surface area contributed by atoms with E-state index in [1.165, 1.54) is 43.1 Å². The lowest BCUT2D eigenvalue weighted by molar-refractivity contribution is 0.104. The van der Waals surface area contributed by atoms with E-state index in [2.05, 4.69) is 4.90 Å². The van der Waals surface area contributed by atoms with Crippen LogP contribution in [0.4, 0.5) is 10.1 Å². The predicted molar refractivity (Wildman–Crippen MR) is 135 cm³/mol. The van der Waals surface area contributed by atoms with Crippen LogP contribution in [0.2, 0.25) is 5.02 Å². The molecule has 0 amide bonds. The Bertz CT molecular complexity index is 1170. The molecule has 1 saturated heterocycles. The highest BCUT2D eigenvalue weighted by Gasteiger charge is 2.12. The third-order valence-electron chi connectivity index (χ3n) is 5.88. The molecule has 176 valence electrons. The van der Waals surface area contributed by atoms with Gasteiger partial charge in [-0.2, -0.15) is 0 Å². The third-order valence-corrected chi connectivity index (χ3v) is 6.18. The van der Waals surface area contributed by atoms with Gasteiger partial charge in [-0.05, 0) is 85.5 Å². The van der Waals surface area contributed by atoms with E-state index in [1.807, 2.05) is 42.5 Å². The zero-order chi connectivity index (χ0) is 23.9. The molecule has 1 aliphatic rings. The fourth-order valence-electron chi connectivity index (χ4n) is 4.02. The van der Waals surface area contributed by atoms with Gasteiger partial charge in [-0.1, -0.05) is 23.7 Å². The van der Waals surface area contributed by atoms with Gasteiger partial charge in [0, 0.05) is 29.9 Å². The number of benzene rings is 3. The van der Waals surface area contributed by atoms with Crippen LogP contribution in [-0.4, -0.2) is 26.0 Å². The molecule has 1 heterocycles. The summed E-state index contributed by atoms with van der Waals surface area (Å²) in [5.41, 5.74) is 3.44. The number of allylic oxidation sites excluding steroid dienone is 1. The summed E-state index contributed by atoms with van der Waals surface area (Å²) in [7, 11) is 1.58. The minimum Gasteiger partial charge on any atom is -0.496 e. The molecule has 3 aromatic carbocycles. The number of ketones is 1. The van der Waals surface area contributed by atoms with Gasteiger partial charge in [0.05, 0.1) is 12.1 Å². The quantitative estimate of drug-likeness (QED) is 0.259. The van der Waals surface area contributed by atoms with E-state index in [4.69, 9.17) is 21.1 Å². The number of halogens is 2. The van der Waals surface area contributed by atoms with Crippen molar-refractivity contribution < 1.29 is 18.7 Å². The summed E-state index contributed by atoms with van der Waals surface area (Å²) < 4.78 is 24.4. The first-order chi connectivity index (χ1) is 16.5. The maximum atomic E-state index is 13.3. The molecule has 0 radical (unpaired) electrons. The molecule has 0 saturated carbocycles. The minimum atomic E-state index is -0.423. The molecule has 0 bridgehead atoms. The number of hydrogen-bond acceptors (Lipinski definition) is 4. The van der Waals surface area contributed by atoms with Crippen molar-refractivity contribution in [2.24, 2.45) is 0 Å². The van der Waals surface area contributed by atoms with Crippen LogP contribution in [0.1, 0.15) is 40.7 Å². The van der Waals surface area contributed by atoms with Crippen molar-refractivity contribution >= 4 is 29.1 Å². The number of piperidine rings is 1. The topological polar surface area (TPSA) is 38.8 Å². The fraction of sp³-hybridized carbons (Fsp3) is 0.250. The summed E-state index contributed by atoms with van der Waals surface area (Å²) >= 11 is 6.05. The van der Waals surface area contributed by atoms with Gasteiger partial charge in [0.1, 0.15) is 23.9 Å². The number of nitrogens with zero attached hydrogens (tertiary/aromatic N) is 1. The average molecular weight is 480 g/mol. The van der Waals surface area contributed by atoms with Crippen molar-refractivity contribution in [3.05, 3.63) is 94.3 Å². The van der Waals surface area contributed by atoms with Crippen molar-refractivity contribution in [3.8, 4) is 11.5 Å². The largest absolute Gasteiger partial charge is 0.496 e. The Kier molecular flexibility index (Phi) is 7.86. The van der Waals surface area contributed by atoms with E-state index in [1.54, 1.807) is 19.3 Å². The van der Waals surface area contributed by atoms with Crippen LogP contribution in [-0.2, 0) is 6.61 Å². The van der Waals surface area contributed by atoms with Crippen LogP contribution < -0.4 is 14.4 Å². The van der Waals surface area contributed by atoms with Gasteiger partial charge in [-0.15, -0.1) is 0 Å². The normalized spacial score (nSPS) is 13.8. The standard InChI is InChI=1S/C28H27ClFNO3/c1-33-27-13-6-20(17-22(27)19-34-28-14-9-23(30)18-25(28)29)5-12-26(32)21-7-10-24(11-8-21)31-15-3-2-4-16-31/h5-14,17-18H,2-4,15-16,19H2,1H3/b12-5+. The van der Waals surface area contributed by atoms with Crippen molar-refractivity contribution in [3.63, 3.8) is 0 Å². The number of methoxy groups -OCH3 is 1. The lowest BCUT2D eigenvalue weighted by atomic mass is 10.1. The molecule has 4 rings (SSSR count). The SMILES string of the molecule is COc1ccc(/C=C/C(=O)c2ccc(N3CCCCC3)cc2)cc1COc1ccc(F)cc1Cl. The van der Waals surface area contributed by atoms with Gasteiger partial charge in [-0.25, -0.2) is 4.39 Å². The van der Waals surface area contributed by atoms with Gasteiger partial charge in [0.25, 0.3) is 0 Å². The molecule has 0 N–H and O–H groups in total. The molecule has 0 spiro atoms. The molecule has 0 atom stereocenters. The predicted octanol–water partition coefficient (Wildman–Crippen LogP) is 6.95. The number of rotatable bonds is 8. The number of carbonyl (C=O) groups excluding carboxylic acids is 1. The first-order valence-corrected chi connectivity index (χ1v) is 11.7. The Morgan fingerprint density at radius 2 is 1.74 bits per heavy atom. The highest BCUT2D eigenvalue weighted by atomic mass is 35.5. The first-order valence-electron chi connectivity index (χ1n) is 11.4. The van der Waals surface area contributed by atoms with Gasteiger partial charge in [0.2, 0.25) is 0 Å². The fourth-order valence-corrected chi connectivity index (χ4v) is 4.24. The lowest BCUT2D eigenvalue weighted by Gasteiger charge is -2.28. The van der Waals surface area contributed by atoms with Crippen LogP contribution in [0, 0.1) is 5.82 Å². The zero-order valence-electron chi connectivity index (χ0n) is 19.1. The van der Waals surface area contributed by atoms with E-state index < -0.39 is 5.82 Å². The van der Waals surface area contributed by atoms with Crippen molar-refractivity contribution in [1.82, 2.24) is 0 Å². The minimum absolute atomic E-state index is 0.0584. The second kappa shape index (κ2) is 11.2. The van der Waals surface area contributed by atoms with Crippen molar-refractivity contribution in [2.45, 2.75) is 25.9 Å². The number of hydrogen-bond donors (Lipinski definition) is 0. The Hall–Kier alpha value is -3.31. The Balaban J connectivity index is 1.43. The Morgan fingerprint density at radius 1 is 1.00 bits per heavy atom. The van der Waals surface area contributed by atoms with E-state index in [0.29, 0.717) is 17.1 Å². The summed E-state index contributed by atoms with van der Waals surface area (Å²) in [5.74, 6) is 0.550. The maximum absolute atomic E-state index is 13.3. The van der Waals surface area contributed by atoms with Crippen LogP contribution in [0.5, 0.6) is 11.5 Å². The van der Waals surface area contributed by atoms with Crippen molar-refractivity contribution in [2.75, 3.05) is 25.1 Å². The molecule has 4 nitrogen and oxygen atoms in total. The Morgan fingerprint density at radius 3 is 2.44 bits per heavy atom. The highest BCUT2D eigenvalue weighted by molar-refractivity contribution is 6.32. The summed E-state index contributed by atoms with van der Waals surface area (Å²) in [4.78, 5) is 15.1. The molecule has 3 aromatic rings. The van der Waals surface area contributed by atoms with Crippen LogP contribution in [0.15, 0.2) is 66.7 Å². The van der Waals surface area contributed by atoms with Crippen molar-refractivity contribution in [1.29, 1.82) is 0 Å². The van der Waals surface area contributed by atoms with E-state index in [-0.39, 0.29) is 17.4 Å². The lowest BCUT2D eigenvalue weighted by Crippen LogP contribution is -2.29. The summed E-state index contributed by atoms with van der Waals surface area (Å²) in [6, 6.07) is 17.4. The number of carbonyl (C=O) groups is 1. The monoisotopic (exact) mass is 479 g/mol. The maximum Gasteiger partial charge on any atom is 0.185 e. The molecular weight excluding hydrogens is 453 g/mol. The first kappa shape index (κ1) is 23.8. The van der Waals surface area contributed by atoms with Gasteiger partial charge in [-0.3, -0.25) is 4.79 Å². The zero-order valence-corrected chi connectivity index (χ0v) is 19.9. The highest BCUT2D eigenvalue weighted by Crippen LogP contribution is 2.28. The van der Waals surface area contributed by atoms with E-state index in [9.17, 15) is 9.18 Å². The molecule has 1 fully saturated rings. The molecular formula is C28H27ClFNO3. The van der Waals surface area contributed by atoms with E-state index >= 15 is 0 Å². The van der Waals surface area contributed by atoms with Crippen LogP contribution in [0.25, 0.3) is 6.08 Å². The summed E-state index contributed by atoms with van der Waals surface area (Å²) in [5, 5.41) is 0.201. The molecule has 0 aromatic heterocycles. The van der Waals surface area contributed by atoms with E-state index in [0.717, 1.165) is 24.2 Å². The number of anilines is 1. The summed E-state index contributed by atoms with van der Waals surface area (Å²) in [6.07, 6.45) is 7.06. The summed E-state index contributed by atoms with van der Waals surface area (Å²) in [6.45, 7) is 2.33. The van der Waals surface area contributed by atoms with Gasteiger partial charge < -0.3 is 14.4 Å². The molecule has 34 heavy (non-hydrogen) atoms. The van der Waals surface area contributed by atoms with Crippen LogP contribution in [0.3, 0.4) is 0 Å². The third kappa shape index (κ3) is 5.97. The average Bonchev–Trinajstić information content (AvgIpc) is 2.87. The molecule has 0 aliphatic carbocycles. The molecule has 6 heteroatoms. The Labute approximate surface area is 204 Å². The molecule has 0 unspecified atom stereocenters. The van der Waals surface area contributed by atoms with Gasteiger partial charge in [0.15, 0.2) is 5.78 Å².